The van der Waals surface area contributed by atoms with Crippen LogP contribution in [-0.2, 0) is 11.3 Å². The molecule has 2 fully saturated rings. The van der Waals surface area contributed by atoms with Crippen molar-refractivity contribution in [1.29, 1.82) is 10.8 Å². The number of phenolic OH excluding ortho intramolecular Hbond substituents is 1. The van der Waals surface area contributed by atoms with E-state index >= 15 is 0 Å². The number of anilines is 1. The number of amidine groups is 2. The number of hydrogen-bond acceptors (Lipinski definition) is 7. The van der Waals surface area contributed by atoms with Gasteiger partial charge in [0.2, 0.25) is 0 Å². The van der Waals surface area contributed by atoms with Crippen LogP contribution in [-0.4, -0.2) is 78.9 Å². The molecule has 2 aromatic rings. The Hall–Kier alpha value is -3.43. The maximum Gasteiger partial charge on any atom is 0.287 e. The zero-order valence-electron chi connectivity index (χ0n) is 22.2. The fraction of sp³-hybridized carbons (Fsp3) is 0.464. The van der Waals surface area contributed by atoms with Crippen LogP contribution < -0.4 is 15.0 Å². The molecule has 0 spiro atoms. The van der Waals surface area contributed by atoms with Gasteiger partial charge in [-0.05, 0) is 55.1 Å². The molecule has 1 saturated carbocycles. The Morgan fingerprint density at radius 3 is 2.35 bits per heavy atom. The average Bonchev–Trinajstić information content (AvgIpc) is 3.70. The van der Waals surface area contributed by atoms with E-state index in [0.717, 1.165) is 56.7 Å². The van der Waals surface area contributed by atoms with Gasteiger partial charge in [0, 0.05) is 50.5 Å². The summed E-state index contributed by atoms with van der Waals surface area (Å²) in [6, 6.07) is 10.9. The second-order valence-corrected chi connectivity index (χ2v) is 10.3. The first-order valence-electron chi connectivity index (χ1n) is 12.9. The molecule has 4 N–H and O–H groups in total. The second kappa shape index (κ2) is 11.3. The number of amides is 1. The topological polar surface area (TPSA) is 116 Å². The van der Waals surface area contributed by atoms with E-state index in [1.807, 2.05) is 38.1 Å². The predicted molar refractivity (Wildman–Crippen MR) is 146 cm³/mol. The minimum absolute atomic E-state index is 0.0804. The normalized spacial score (nSPS) is 16.5. The number of likely N-dealkylation sites (N-methyl/N-ethyl adjacent to an activating group) is 1. The van der Waals surface area contributed by atoms with Gasteiger partial charge in [-0.2, -0.15) is 0 Å². The lowest BCUT2D eigenvalue weighted by Crippen LogP contribution is -2.46. The molecule has 1 saturated heterocycles. The number of phenols is 1. The Bertz CT molecular complexity index is 1150. The van der Waals surface area contributed by atoms with E-state index in [9.17, 15) is 9.90 Å². The number of methoxy groups -OCH3 is 1. The Morgan fingerprint density at radius 2 is 1.78 bits per heavy atom. The van der Waals surface area contributed by atoms with Crippen LogP contribution >= 0.6 is 0 Å². The van der Waals surface area contributed by atoms with Crippen molar-refractivity contribution in [3.05, 3.63) is 53.1 Å². The highest BCUT2D eigenvalue weighted by atomic mass is 16.5. The standard InChI is InChI=1S/C28H38N6O3/c1-18(2)22-15-23(24(35)16-25(22)37-4)26(29)34(27(30)28(36)31-20-7-8-20)21-9-5-19(6-10-21)17-33-13-11-32(3)12-14-33/h5-6,9-10,15-16,18,20,29-30,35H,7-8,11-14,17H2,1-4H3,(H,31,36). The third-order valence-corrected chi connectivity index (χ3v) is 7.00. The minimum Gasteiger partial charge on any atom is -0.507 e. The number of carbonyl (C=O) groups excluding carboxylic acids is 1. The highest BCUT2D eigenvalue weighted by Crippen LogP contribution is 2.34. The van der Waals surface area contributed by atoms with Crippen molar-refractivity contribution in [2.24, 2.45) is 0 Å². The molecule has 0 aromatic heterocycles. The fourth-order valence-electron chi connectivity index (χ4n) is 4.49. The van der Waals surface area contributed by atoms with Gasteiger partial charge in [0.05, 0.1) is 12.7 Å². The zero-order chi connectivity index (χ0) is 26.7. The van der Waals surface area contributed by atoms with Crippen LogP contribution in [0.3, 0.4) is 0 Å². The van der Waals surface area contributed by atoms with Crippen molar-refractivity contribution in [3.63, 3.8) is 0 Å². The fourth-order valence-corrected chi connectivity index (χ4v) is 4.49. The number of piperazine rings is 1. The van der Waals surface area contributed by atoms with Crippen LogP contribution in [0.1, 0.15) is 49.3 Å². The van der Waals surface area contributed by atoms with Crippen molar-refractivity contribution in [2.75, 3.05) is 45.2 Å². The average molecular weight is 507 g/mol. The van der Waals surface area contributed by atoms with E-state index in [2.05, 4.69) is 22.2 Å². The number of hydrogen-bond donors (Lipinski definition) is 4. The highest BCUT2D eigenvalue weighted by molar-refractivity contribution is 6.48. The van der Waals surface area contributed by atoms with E-state index in [-0.39, 0.29) is 34.9 Å². The lowest BCUT2D eigenvalue weighted by molar-refractivity contribution is -0.115. The Balaban J connectivity index is 1.64. The van der Waals surface area contributed by atoms with E-state index in [1.165, 1.54) is 11.0 Å². The van der Waals surface area contributed by atoms with Crippen molar-refractivity contribution < 1.29 is 14.6 Å². The van der Waals surface area contributed by atoms with Crippen molar-refractivity contribution >= 4 is 23.3 Å². The maximum atomic E-state index is 12.9. The summed E-state index contributed by atoms with van der Waals surface area (Å²) < 4.78 is 5.43. The van der Waals surface area contributed by atoms with Gasteiger partial charge in [0.1, 0.15) is 17.3 Å². The molecule has 37 heavy (non-hydrogen) atoms. The van der Waals surface area contributed by atoms with Crippen molar-refractivity contribution in [3.8, 4) is 11.5 Å². The summed E-state index contributed by atoms with van der Waals surface area (Å²) in [5, 5.41) is 31.4. The number of benzene rings is 2. The van der Waals surface area contributed by atoms with Crippen molar-refractivity contribution in [1.82, 2.24) is 15.1 Å². The molecule has 1 amide bonds. The molecule has 198 valence electrons. The Labute approximate surface area is 219 Å². The summed E-state index contributed by atoms with van der Waals surface area (Å²) >= 11 is 0. The van der Waals surface area contributed by atoms with Gasteiger partial charge in [-0.15, -0.1) is 0 Å². The number of nitrogens with one attached hydrogen (secondary N) is 3. The van der Waals surface area contributed by atoms with Crippen LogP contribution in [0.4, 0.5) is 5.69 Å². The summed E-state index contributed by atoms with van der Waals surface area (Å²) in [7, 11) is 3.67. The largest absolute Gasteiger partial charge is 0.507 e. The molecule has 4 rings (SSSR count). The number of aromatic hydroxyl groups is 1. The van der Waals surface area contributed by atoms with E-state index in [4.69, 9.17) is 15.6 Å². The molecule has 2 aliphatic rings. The van der Waals surface area contributed by atoms with Crippen LogP contribution in [0.15, 0.2) is 36.4 Å². The summed E-state index contributed by atoms with van der Waals surface area (Å²) in [5.41, 5.74) is 2.71. The third kappa shape index (κ3) is 6.29. The Morgan fingerprint density at radius 1 is 1.14 bits per heavy atom. The van der Waals surface area contributed by atoms with Crippen LogP contribution in [0.25, 0.3) is 0 Å². The van der Waals surface area contributed by atoms with Crippen LogP contribution in [0.5, 0.6) is 11.5 Å². The predicted octanol–water partition coefficient (Wildman–Crippen LogP) is 3.36. The number of rotatable bonds is 7. The van der Waals surface area contributed by atoms with Gasteiger partial charge in [-0.25, -0.2) is 0 Å². The monoisotopic (exact) mass is 506 g/mol. The SMILES string of the molecule is COc1cc(O)c(C(=N)N(C(=N)C(=O)NC2CC2)c2ccc(CN3CCN(C)CC3)cc2)cc1C(C)C. The summed E-state index contributed by atoms with van der Waals surface area (Å²) in [4.78, 5) is 18.9. The molecule has 1 aliphatic heterocycles. The van der Waals surface area contributed by atoms with Gasteiger partial charge >= 0.3 is 0 Å². The molecule has 9 heteroatoms. The lowest BCUT2D eigenvalue weighted by atomic mass is 9.97. The van der Waals surface area contributed by atoms with E-state index < -0.39 is 5.91 Å². The van der Waals surface area contributed by atoms with Gasteiger partial charge in [-0.1, -0.05) is 26.0 Å². The van der Waals surface area contributed by atoms with Crippen LogP contribution in [0.2, 0.25) is 0 Å². The zero-order valence-corrected chi connectivity index (χ0v) is 22.2. The van der Waals surface area contributed by atoms with Gasteiger partial charge in [0.15, 0.2) is 5.84 Å². The first kappa shape index (κ1) is 26.6. The molecule has 1 aliphatic carbocycles. The minimum atomic E-state index is -0.536. The third-order valence-electron chi connectivity index (χ3n) is 7.00. The molecular weight excluding hydrogens is 468 g/mol. The first-order chi connectivity index (χ1) is 17.7. The second-order valence-electron chi connectivity index (χ2n) is 10.3. The number of ether oxygens (including phenoxy) is 1. The van der Waals surface area contributed by atoms with E-state index in [1.54, 1.807) is 13.2 Å². The van der Waals surface area contributed by atoms with Gasteiger partial charge < -0.3 is 20.1 Å². The molecule has 1 heterocycles. The number of carbonyl (C=O) groups is 1. The maximum absolute atomic E-state index is 12.9. The summed E-state index contributed by atoms with van der Waals surface area (Å²) in [6.45, 7) is 8.93. The summed E-state index contributed by atoms with van der Waals surface area (Å²) in [5.74, 6) is -0.563. The number of nitrogens with zero attached hydrogens (tertiary/aromatic N) is 3. The lowest BCUT2D eigenvalue weighted by Gasteiger charge is -2.32. The molecule has 0 unspecified atom stereocenters. The van der Waals surface area contributed by atoms with E-state index in [0.29, 0.717) is 11.4 Å². The smallest absolute Gasteiger partial charge is 0.287 e. The van der Waals surface area contributed by atoms with Gasteiger partial charge in [0.25, 0.3) is 5.91 Å². The first-order valence-corrected chi connectivity index (χ1v) is 12.9. The molecule has 0 bridgehead atoms. The van der Waals surface area contributed by atoms with Gasteiger partial charge in [-0.3, -0.25) is 25.4 Å². The Kier molecular flexibility index (Phi) is 8.14. The van der Waals surface area contributed by atoms with Crippen LogP contribution in [0, 0.1) is 10.8 Å². The molecule has 0 atom stereocenters. The summed E-state index contributed by atoms with van der Waals surface area (Å²) in [6.07, 6.45) is 1.79. The molecule has 9 nitrogen and oxygen atoms in total. The quantitative estimate of drug-likeness (QED) is 0.338. The van der Waals surface area contributed by atoms with Crippen molar-refractivity contribution in [2.45, 2.75) is 45.2 Å². The molecular formula is C28H38N6O3. The highest BCUT2D eigenvalue weighted by Gasteiger charge is 2.31. The molecule has 0 radical (unpaired) electrons. The molecule has 2 aromatic carbocycles.